The lowest BCUT2D eigenvalue weighted by Crippen LogP contribution is -2.13. The molecule has 1 aliphatic carbocycles. The standard InChI is InChI=1S/C11H13ClO2/c1-14-10-3-2-8(12)6-9(10)11(7-13)4-5-11/h2-3,6,13H,4-5,7H2,1H3. The van der Waals surface area contributed by atoms with Gasteiger partial charge in [-0.3, -0.25) is 0 Å². The highest BCUT2D eigenvalue weighted by Crippen LogP contribution is 2.51. The summed E-state index contributed by atoms with van der Waals surface area (Å²) in [4.78, 5) is 0. The molecule has 76 valence electrons. The number of benzene rings is 1. The van der Waals surface area contributed by atoms with Crippen LogP contribution in [-0.4, -0.2) is 18.8 Å². The monoisotopic (exact) mass is 212 g/mol. The third kappa shape index (κ3) is 1.49. The van der Waals surface area contributed by atoms with Gasteiger partial charge in [0.1, 0.15) is 5.75 Å². The molecule has 0 aliphatic heterocycles. The maximum absolute atomic E-state index is 9.32. The van der Waals surface area contributed by atoms with Gasteiger partial charge in [0.25, 0.3) is 0 Å². The van der Waals surface area contributed by atoms with Gasteiger partial charge >= 0.3 is 0 Å². The Balaban J connectivity index is 2.44. The molecule has 1 aromatic carbocycles. The van der Waals surface area contributed by atoms with Gasteiger partial charge in [0.05, 0.1) is 13.7 Å². The zero-order valence-corrected chi connectivity index (χ0v) is 8.84. The molecular weight excluding hydrogens is 200 g/mol. The van der Waals surface area contributed by atoms with E-state index in [-0.39, 0.29) is 12.0 Å². The first-order valence-corrected chi connectivity index (χ1v) is 5.04. The minimum atomic E-state index is -0.0871. The van der Waals surface area contributed by atoms with Gasteiger partial charge in [0.15, 0.2) is 0 Å². The van der Waals surface area contributed by atoms with Crippen LogP contribution in [0, 0.1) is 0 Å². The summed E-state index contributed by atoms with van der Waals surface area (Å²) in [6.45, 7) is 0.170. The smallest absolute Gasteiger partial charge is 0.122 e. The van der Waals surface area contributed by atoms with E-state index < -0.39 is 0 Å². The fourth-order valence-corrected chi connectivity index (χ4v) is 1.93. The Labute approximate surface area is 88.5 Å². The zero-order valence-electron chi connectivity index (χ0n) is 8.09. The fraction of sp³-hybridized carbons (Fsp3) is 0.455. The minimum absolute atomic E-state index is 0.0871. The molecule has 1 aliphatic rings. The molecule has 1 aromatic rings. The molecule has 0 heterocycles. The molecule has 1 saturated carbocycles. The number of ether oxygens (including phenoxy) is 1. The van der Waals surface area contributed by atoms with Crippen molar-refractivity contribution in [3.63, 3.8) is 0 Å². The first kappa shape index (κ1) is 9.81. The number of hydrogen-bond donors (Lipinski definition) is 1. The number of halogens is 1. The highest BCUT2D eigenvalue weighted by molar-refractivity contribution is 6.30. The number of aliphatic hydroxyl groups excluding tert-OH is 1. The largest absolute Gasteiger partial charge is 0.496 e. The van der Waals surface area contributed by atoms with Crippen LogP contribution >= 0.6 is 11.6 Å². The van der Waals surface area contributed by atoms with Crippen molar-refractivity contribution in [2.75, 3.05) is 13.7 Å². The van der Waals surface area contributed by atoms with Crippen LogP contribution in [0.4, 0.5) is 0 Å². The number of hydrogen-bond acceptors (Lipinski definition) is 2. The second-order valence-electron chi connectivity index (χ2n) is 3.78. The Kier molecular flexibility index (Phi) is 2.41. The number of aliphatic hydroxyl groups is 1. The van der Waals surface area contributed by atoms with E-state index >= 15 is 0 Å². The van der Waals surface area contributed by atoms with E-state index in [1.165, 1.54) is 0 Å². The Morgan fingerprint density at radius 3 is 2.71 bits per heavy atom. The predicted molar refractivity (Wildman–Crippen MR) is 56.0 cm³/mol. The lowest BCUT2D eigenvalue weighted by atomic mass is 9.96. The Hall–Kier alpha value is -0.730. The van der Waals surface area contributed by atoms with Crippen molar-refractivity contribution in [2.24, 2.45) is 0 Å². The molecule has 3 heteroatoms. The topological polar surface area (TPSA) is 29.5 Å². The zero-order chi connectivity index (χ0) is 10.2. The molecule has 0 unspecified atom stereocenters. The predicted octanol–water partition coefficient (Wildman–Crippen LogP) is 2.37. The first-order chi connectivity index (χ1) is 6.72. The third-order valence-electron chi connectivity index (χ3n) is 2.89. The number of rotatable bonds is 3. The Bertz CT molecular complexity index is 345. The number of methoxy groups -OCH3 is 1. The molecule has 0 aromatic heterocycles. The SMILES string of the molecule is COc1ccc(Cl)cc1C1(CO)CC1. The summed E-state index contributed by atoms with van der Waals surface area (Å²) >= 11 is 5.93. The van der Waals surface area contributed by atoms with Crippen LogP contribution in [-0.2, 0) is 5.41 Å². The Morgan fingerprint density at radius 2 is 2.21 bits per heavy atom. The molecule has 0 bridgehead atoms. The Morgan fingerprint density at radius 1 is 1.50 bits per heavy atom. The maximum Gasteiger partial charge on any atom is 0.122 e. The summed E-state index contributed by atoms with van der Waals surface area (Å²) in [6.07, 6.45) is 2.03. The van der Waals surface area contributed by atoms with Gasteiger partial charge < -0.3 is 9.84 Å². The highest BCUT2D eigenvalue weighted by atomic mass is 35.5. The van der Waals surface area contributed by atoms with Gasteiger partial charge in [0, 0.05) is 16.0 Å². The summed E-state index contributed by atoms with van der Waals surface area (Å²) in [7, 11) is 1.64. The van der Waals surface area contributed by atoms with Crippen LogP contribution in [0.2, 0.25) is 5.02 Å². The van der Waals surface area contributed by atoms with E-state index in [1.54, 1.807) is 13.2 Å². The van der Waals surface area contributed by atoms with E-state index in [4.69, 9.17) is 16.3 Å². The second kappa shape index (κ2) is 3.44. The maximum atomic E-state index is 9.32. The average molecular weight is 213 g/mol. The summed E-state index contributed by atoms with van der Waals surface area (Å²) in [6, 6.07) is 5.55. The van der Waals surface area contributed by atoms with E-state index in [9.17, 15) is 5.11 Å². The molecule has 0 radical (unpaired) electrons. The molecular formula is C11H13ClO2. The minimum Gasteiger partial charge on any atom is -0.496 e. The third-order valence-corrected chi connectivity index (χ3v) is 3.12. The molecule has 2 nitrogen and oxygen atoms in total. The van der Waals surface area contributed by atoms with Crippen molar-refractivity contribution >= 4 is 11.6 Å². The van der Waals surface area contributed by atoms with Crippen LogP contribution in [0.15, 0.2) is 18.2 Å². The van der Waals surface area contributed by atoms with Crippen molar-refractivity contribution in [3.05, 3.63) is 28.8 Å². The second-order valence-corrected chi connectivity index (χ2v) is 4.22. The van der Waals surface area contributed by atoms with Gasteiger partial charge in [-0.2, -0.15) is 0 Å². The summed E-state index contributed by atoms with van der Waals surface area (Å²) in [5.41, 5.74) is 0.950. The van der Waals surface area contributed by atoms with Gasteiger partial charge in [-0.1, -0.05) is 11.6 Å². The molecule has 1 fully saturated rings. The first-order valence-electron chi connectivity index (χ1n) is 4.67. The molecule has 0 spiro atoms. The van der Waals surface area contributed by atoms with Crippen LogP contribution in [0.1, 0.15) is 18.4 Å². The van der Waals surface area contributed by atoms with E-state index in [2.05, 4.69) is 0 Å². The van der Waals surface area contributed by atoms with E-state index in [0.717, 1.165) is 24.2 Å². The normalized spacial score (nSPS) is 17.9. The van der Waals surface area contributed by atoms with Crippen LogP contribution in [0.25, 0.3) is 0 Å². The lowest BCUT2D eigenvalue weighted by molar-refractivity contribution is 0.251. The summed E-state index contributed by atoms with van der Waals surface area (Å²) < 4.78 is 5.26. The van der Waals surface area contributed by atoms with Crippen molar-refractivity contribution in [2.45, 2.75) is 18.3 Å². The van der Waals surface area contributed by atoms with Gasteiger partial charge in [-0.15, -0.1) is 0 Å². The van der Waals surface area contributed by atoms with Crippen LogP contribution < -0.4 is 4.74 Å². The van der Waals surface area contributed by atoms with Crippen LogP contribution in [0.3, 0.4) is 0 Å². The summed E-state index contributed by atoms with van der Waals surface area (Å²) in [5, 5.41) is 10.0. The molecule has 2 rings (SSSR count). The van der Waals surface area contributed by atoms with Crippen molar-refractivity contribution in [1.82, 2.24) is 0 Å². The van der Waals surface area contributed by atoms with Crippen LogP contribution in [0.5, 0.6) is 5.75 Å². The van der Waals surface area contributed by atoms with Crippen molar-refractivity contribution in [3.8, 4) is 5.75 Å². The molecule has 0 atom stereocenters. The molecule has 14 heavy (non-hydrogen) atoms. The quantitative estimate of drug-likeness (QED) is 0.834. The van der Waals surface area contributed by atoms with E-state index in [0.29, 0.717) is 5.02 Å². The molecule has 0 amide bonds. The lowest BCUT2D eigenvalue weighted by Gasteiger charge is -2.16. The van der Waals surface area contributed by atoms with Gasteiger partial charge in [0.2, 0.25) is 0 Å². The van der Waals surface area contributed by atoms with E-state index in [1.807, 2.05) is 12.1 Å². The van der Waals surface area contributed by atoms with Gasteiger partial charge in [-0.05, 0) is 31.0 Å². The fourth-order valence-electron chi connectivity index (χ4n) is 1.76. The average Bonchev–Trinajstić information content (AvgIpc) is 2.98. The van der Waals surface area contributed by atoms with Crippen molar-refractivity contribution < 1.29 is 9.84 Å². The van der Waals surface area contributed by atoms with Crippen molar-refractivity contribution in [1.29, 1.82) is 0 Å². The summed E-state index contributed by atoms with van der Waals surface area (Å²) in [5.74, 6) is 0.820. The van der Waals surface area contributed by atoms with Gasteiger partial charge in [-0.25, -0.2) is 0 Å². The highest BCUT2D eigenvalue weighted by Gasteiger charge is 2.45. The molecule has 1 N–H and O–H groups in total. The molecule has 0 saturated heterocycles.